The van der Waals surface area contributed by atoms with Crippen LogP contribution in [-0.2, 0) is 11.3 Å². The van der Waals surface area contributed by atoms with Crippen LogP contribution in [0.4, 0.5) is 0 Å². The van der Waals surface area contributed by atoms with E-state index in [-0.39, 0.29) is 11.8 Å². The lowest BCUT2D eigenvalue weighted by molar-refractivity contribution is -0.146. The second kappa shape index (κ2) is 6.99. The Hall–Kier alpha value is -3.22. The number of para-hydroxylation sites is 1. The Bertz CT molecular complexity index is 1060. The van der Waals surface area contributed by atoms with Gasteiger partial charge in [-0.05, 0) is 43.9 Å². The van der Waals surface area contributed by atoms with Crippen molar-refractivity contribution in [3.05, 3.63) is 60.0 Å². The largest absolute Gasteiger partial charge is 0.335 e. The molecule has 7 heteroatoms. The minimum absolute atomic E-state index is 0.0418. The second-order valence-corrected chi connectivity index (χ2v) is 7.86. The Morgan fingerprint density at radius 3 is 2.69 bits per heavy atom. The number of fused-ring (bicyclic) bond motifs is 1. The van der Waals surface area contributed by atoms with Crippen molar-refractivity contribution in [2.24, 2.45) is 0 Å². The number of benzene rings is 1. The average molecular weight is 389 g/mol. The first-order chi connectivity index (χ1) is 14.2. The number of nitrogens with zero attached hydrogens (tertiary/aromatic N) is 4. The normalized spacial score (nSPS) is 22.0. The van der Waals surface area contributed by atoms with Gasteiger partial charge in [0.2, 0.25) is 5.91 Å². The number of hydrogen-bond acceptors (Lipinski definition) is 4. The predicted octanol–water partition coefficient (Wildman–Crippen LogP) is 2.76. The molecule has 2 aliphatic heterocycles. The van der Waals surface area contributed by atoms with Gasteiger partial charge in [0.1, 0.15) is 5.54 Å². The maximum atomic E-state index is 13.6. The molecular formula is C22H23N5O2. The number of H-pyrrole nitrogens is 1. The van der Waals surface area contributed by atoms with Gasteiger partial charge in [0.15, 0.2) is 5.69 Å². The molecule has 0 bridgehead atoms. The molecule has 148 valence electrons. The van der Waals surface area contributed by atoms with Crippen molar-refractivity contribution in [2.45, 2.75) is 37.8 Å². The van der Waals surface area contributed by atoms with Crippen molar-refractivity contribution >= 4 is 22.7 Å². The number of carbonyl (C=O) groups is 2. The van der Waals surface area contributed by atoms with Gasteiger partial charge in [0.05, 0.1) is 17.8 Å². The molecule has 0 radical (unpaired) electrons. The van der Waals surface area contributed by atoms with Gasteiger partial charge in [-0.3, -0.25) is 19.7 Å². The van der Waals surface area contributed by atoms with E-state index in [2.05, 4.69) is 15.2 Å². The van der Waals surface area contributed by atoms with Gasteiger partial charge in [-0.15, -0.1) is 0 Å². The summed E-state index contributed by atoms with van der Waals surface area (Å²) >= 11 is 0. The molecule has 3 aromatic rings. The highest BCUT2D eigenvalue weighted by molar-refractivity contribution is 6.07. The number of carbonyl (C=O) groups excluding carboxylic acids is 2. The fourth-order valence-electron chi connectivity index (χ4n) is 4.81. The van der Waals surface area contributed by atoms with E-state index < -0.39 is 5.54 Å². The topological polar surface area (TPSA) is 82.2 Å². The van der Waals surface area contributed by atoms with Crippen molar-refractivity contribution in [1.29, 1.82) is 0 Å². The molecule has 1 N–H and O–H groups in total. The van der Waals surface area contributed by atoms with Gasteiger partial charge >= 0.3 is 0 Å². The summed E-state index contributed by atoms with van der Waals surface area (Å²) in [5.74, 6) is -0.118. The van der Waals surface area contributed by atoms with E-state index in [1.165, 1.54) is 0 Å². The number of amides is 2. The smallest absolute Gasteiger partial charge is 0.275 e. The van der Waals surface area contributed by atoms with Crippen molar-refractivity contribution in [3.8, 4) is 0 Å². The molecule has 2 amide bonds. The lowest BCUT2D eigenvalue weighted by Gasteiger charge is -2.44. The van der Waals surface area contributed by atoms with Crippen LogP contribution in [0, 0.1) is 0 Å². The standard InChI is InChI=1S/C22H23N5O2/c28-20(19-17-8-1-2-9-18(17)24-25-19)27-14-6-11-22(27)10-5-13-26(21(22)29)15-16-7-3-4-12-23-16/h1-4,7-9,12H,5-6,10-11,13-15H2,(H,24,25). The van der Waals surface area contributed by atoms with Crippen LogP contribution >= 0.6 is 0 Å². The molecule has 29 heavy (non-hydrogen) atoms. The summed E-state index contributed by atoms with van der Waals surface area (Å²) in [6.07, 6.45) is 4.87. The predicted molar refractivity (Wildman–Crippen MR) is 108 cm³/mol. The number of aromatic amines is 1. The van der Waals surface area contributed by atoms with Crippen LogP contribution in [0.1, 0.15) is 41.9 Å². The Morgan fingerprint density at radius 1 is 1.07 bits per heavy atom. The molecule has 0 aliphatic carbocycles. The number of nitrogens with one attached hydrogen (secondary N) is 1. The van der Waals surface area contributed by atoms with Gasteiger partial charge in [-0.25, -0.2) is 0 Å². The lowest BCUT2D eigenvalue weighted by Crippen LogP contribution is -2.61. The highest BCUT2D eigenvalue weighted by Crippen LogP contribution is 2.39. The van der Waals surface area contributed by atoms with Crippen LogP contribution in [0.3, 0.4) is 0 Å². The van der Waals surface area contributed by atoms with E-state index in [0.717, 1.165) is 29.4 Å². The minimum Gasteiger partial charge on any atom is -0.335 e. The van der Waals surface area contributed by atoms with Gasteiger partial charge < -0.3 is 9.80 Å². The van der Waals surface area contributed by atoms with Crippen molar-refractivity contribution in [1.82, 2.24) is 25.0 Å². The van der Waals surface area contributed by atoms with Crippen LogP contribution in [-0.4, -0.2) is 55.4 Å². The first-order valence-electron chi connectivity index (χ1n) is 10.1. The average Bonchev–Trinajstić information content (AvgIpc) is 3.37. The number of aromatic nitrogens is 3. The fourth-order valence-corrected chi connectivity index (χ4v) is 4.81. The van der Waals surface area contributed by atoms with E-state index >= 15 is 0 Å². The zero-order chi connectivity index (χ0) is 19.8. The summed E-state index contributed by atoms with van der Waals surface area (Å²) in [6, 6.07) is 13.3. The zero-order valence-electron chi connectivity index (χ0n) is 16.2. The molecule has 5 rings (SSSR count). The summed E-state index contributed by atoms with van der Waals surface area (Å²) in [4.78, 5) is 35.0. The molecular weight excluding hydrogens is 366 g/mol. The van der Waals surface area contributed by atoms with Crippen LogP contribution < -0.4 is 0 Å². The third-order valence-electron chi connectivity index (χ3n) is 6.19. The number of piperidine rings is 1. The number of pyridine rings is 1. The number of rotatable bonds is 3. The van der Waals surface area contributed by atoms with E-state index in [0.29, 0.717) is 38.2 Å². The van der Waals surface area contributed by atoms with E-state index in [4.69, 9.17) is 0 Å². The monoisotopic (exact) mass is 389 g/mol. The van der Waals surface area contributed by atoms with Crippen LogP contribution in [0.5, 0.6) is 0 Å². The first kappa shape index (κ1) is 17.8. The van der Waals surface area contributed by atoms with E-state index in [1.54, 1.807) is 11.1 Å². The SMILES string of the molecule is O=C(c1n[nH]c2ccccc12)N1CCCC12CCCN(Cc1ccccn1)C2=O. The lowest BCUT2D eigenvalue weighted by atomic mass is 9.85. The molecule has 0 saturated carbocycles. The van der Waals surface area contributed by atoms with Crippen LogP contribution in [0.15, 0.2) is 48.7 Å². The Kier molecular flexibility index (Phi) is 4.30. The van der Waals surface area contributed by atoms with E-state index in [9.17, 15) is 9.59 Å². The fraction of sp³-hybridized carbons (Fsp3) is 0.364. The van der Waals surface area contributed by atoms with Crippen molar-refractivity contribution in [2.75, 3.05) is 13.1 Å². The number of hydrogen-bond donors (Lipinski definition) is 1. The molecule has 4 heterocycles. The maximum absolute atomic E-state index is 13.6. The first-order valence-corrected chi connectivity index (χ1v) is 10.1. The molecule has 1 atom stereocenters. The van der Waals surface area contributed by atoms with Crippen LogP contribution in [0.25, 0.3) is 10.9 Å². The molecule has 2 aliphatic rings. The molecule has 2 saturated heterocycles. The quantitative estimate of drug-likeness (QED) is 0.747. The Labute approximate surface area is 168 Å². The second-order valence-electron chi connectivity index (χ2n) is 7.86. The molecule has 2 aromatic heterocycles. The highest BCUT2D eigenvalue weighted by Gasteiger charge is 2.53. The van der Waals surface area contributed by atoms with Gasteiger partial charge in [-0.2, -0.15) is 5.10 Å². The molecule has 1 aromatic carbocycles. The van der Waals surface area contributed by atoms with Gasteiger partial charge in [0, 0.05) is 24.7 Å². The zero-order valence-corrected chi connectivity index (χ0v) is 16.2. The summed E-state index contributed by atoms with van der Waals surface area (Å²) in [7, 11) is 0. The molecule has 1 unspecified atom stereocenters. The third kappa shape index (κ3) is 2.88. The summed E-state index contributed by atoms with van der Waals surface area (Å²) < 4.78 is 0. The summed E-state index contributed by atoms with van der Waals surface area (Å²) in [5.41, 5.74) is 1.34. The summed E-state index contributed by atoms with van der Waals surface area (Å²) in [5, 5.41) is 8.01. The molecule has 7 nitrogen and oxygen atoms in total. The highest BCUT2D eigenvalue weighted by atomic mass is 16.2. The van der Waals surface area contributed by atoms with Crippen molar-refractivity contribution in [3.63, 3.8) is 0 Å². The van der Waals surface area contributed by atoms with Gasteiger partial charge in [0.25, 0.3) is 5.91 Å². The molecule has 1 spiro atoms. The van der Waals surface area contributed by atoms with E-state index in [1.807, 2.05) is 47.4 Å². The maximum Gasteiger partial charge on any atom is 0.275 e. The minimum atomic E-state index is -0.760. The Morgan fingerprint density at radius 2 is 1.86 bits per heavy atom. The summed E-state index contributed by atoms with van der Waals surface area (Å²) in [6.45, 7) is 1.77. The molecule has 2 fully saturated rings. The number of likely N-dealkylation sites (tertiary alicyclic amines) is 2. The third-order valence-corrected chi connectivity index (χ3v) is 6.19. The Balaban J connectivity index is 1.45. The van der Waals surface area contributed by atoms with Gasteiger partial charge in [-0.1, -0.05) is 24.3 Å². The van der Waals surface area contributed by atoms with Crippen LogP contribution in [0.2, 0.25) is 0 Å². The van der Waals surface area contributed by atoms with Crippen molar-refractivity contribution < 1.29 is 9.59 Å².